The second-order valence-electron chi connectivity index (χ2n) is 3.66. The van der Waals surface area contributed by atoms with Gasteiger partial charge in [0, 0.05) is 18.1 Å². The number of rotatable bonds is 5. The number of aromatic nitrogens is 4. The molecule has 0 aliphatic rings. The Morgan fingerprint density at radius 2 is 2.37 bits per heavy atom. The van der Waals surface area contributed by atoms with E-state index in [9.17, 15) is 4.79 Å². The molecule has 0 spiro atoms. The monoisotopic (exact) mass is 325 g/mol. The average molecular weight is 326 g/mol. The van der Waals surface area contributed by atoms with E-state index in [1.807, 2.05) is 6.07 Å². The molecule has 1 heterocycles. The number of methoxy groups -OCH3 is 1. The molecule has 8 heteroatoms. The molecule has 1 amide bonds. The van der Waals surface area contributed by atoms with Crippen LogP contribution in [0.4, 0.5) is 0 Å². The average Bonchev–Trinajstić information content (AvgIpc) is 2.92. The molecule has 0 atom stereocenters. The van der Waals surface area contributed by atoms with Gasteiger partial charge < -0.3 is 10.1 Å². The molecule has 0 aliphatic carbocycles. The predicted molar refractivity (Wildman–Crippen MR) is 71.1 cm³/mol. The molecular formula is C11H12BrN5O2. The highest BCUT2D eigenvalue weighted by atomic mass is 79.9. The molecule has 1 aromatic heterocycles. The molecule has 19 heavy (non-hydrogen) atoms. The lowest BCUT2D eigenvalue weighted by Crippen LogP contribution is -2.28. The Hall–Kier alpha value is -1.80. The molecule has 2 aromatic rings. The van der Waals surface area contributed by atoms with E-state index in [2.05, 4.69) is 36.8 Å². The smallest absolute Gasteiger partial charge is 0.253 e. The van der Waals surface area contributed by atoms with Crippen LogP contribution in [0.15, 0.2) is 29.0 Å². The lowest BCUT2D eigenvalue weighted by atomic mass is 10.1. The van der Waals surface area contributed by atoms with Gasteiger partial charge >= 0.3 is 0 Å². The van der Waals surface area contributed by atoms with Gasteiger partial charge in [0.1, 0.15) is 6.33 Å². The van der Waals surface area contributed by atoms with E-state index < -0.39 is 0 Å². The Labute approximate surface area is 118 Å². The molecule has 0 bridgehead atoms. The summed E-state index contributed by atoms with van der Waals surface area (Å²) in [6, 6.07) is 5.31. The molecule has 1 N–H and O–H groups in total. The van der Waals surface area contributed by atoms with Gasteiger partial charge in [-0.15, -0.1) is 5.10 Å². The highest BCUT2D eigenvalue weighted by Gasteiger charge is 2.14. The third-order valence-corrected chi connectivity index (χ3v) is 2.88. The van der Waals surface area contributed by atoms with Crippen LogP contribution in [0.25, 0.3) is 5.69 Å². The van der Waals surface area contributed by atoms with E-state index in [0.717, 1.165) is 4.47 Å². The molecule has 7 nitrogen and oxygen atoms in total. The highest BCUT2D eigenvalue weighted by molar-refractivity contribution is 9.10. The van der Waals surface area contributed by atoms with Gasteiger partial charge in [0.15, 0.2) is 0 Å². The first kappa shape index (κ1) is 13.6. The summed E-state index contributed by atoms with van der Waals surface area (Å²) in [5.74, 6) is -0.205. The maximum atomic E-state index is 12.1. The van der Waals surface area contributed by atoms with Crippen molar-refractivity contribution < 1.29 is 9.53 Å². The van der Waals surface area contributed by atoms with Crippen molar-refractivity contribution in [1.82, 2.24) is 25.5 Å². The number of amides is 1. The first-order valence-corrected chi connectivity index (χ1v) is 6.31. The maximum absolute atomic E-state index is 12.1. The van der Waals surface area contributed by atoms with Crippen LogP contribution < -0.4 is 5.32 Å². The van der Waals surface area contributed by atoms with Crippen molar-refractivity contribution in [2.24, 2.45) is 0 Å². The van der Waals surface area contributed by atoms with Crippen LogP contribution in [0, 0.1) is 0 Å². The molecule has 0 radical (unpaired) electrons. The van der Waals surface area contributed by atoms with Gasteiger partial charge in [-0.1, -0.05) is 15.9 Å². The fraction of sp³-hybridized carbons (Fsp3) is 0.273. The van der Waals surface area contributed by atoms with Crippen LogP contribution in [-0.2, 0) is 4.74 Å². The van der Waals surface area contributed by atoms with Gasteiger partial charge in [-0.25, -0.2) is 0 Å². The maximum Gasteiger partial charge on any atom is 0.253 e. The number of nitrogens with one attached hydrogen (secondary N) is 1. The summed E-state index contributed by atoms with van der Waals surface area (Å²) < 4.78 is 7.14. The van der Waals surface area contributed by atoms with Crippen molar-refractivity contribution in [3.63, 3.8) is 0 Å². The number of benzene rings is 1. The standard InChI is InChI=1S/C11H12BrN5O2/c1-19-5-4-13-11(18)9-6-8(12)2-3-10(9)17-7-14-15-16-17/h2-3,6-7H,4-5H2,1H3,(H,13,18). The molecule has 1 aromatic carbocycles. The molecule has 0 saturated heterocycles. The van der Waals surface area contributed by atoms with E-state index in [0.29, 0.717) is 24.4 Å². The van der Waals surface area contributed by atoms with Crippen LogP contribution >= 0.6 is 15.9 Å². The van der Waals surface area contributed by atoms with Crippen LogP contribution in [0.3, 0.4) is 0 Å². The summed E-state index contributed by atoms with van der Waals surface area (Å²) >= 11 is 3.34. The minimum Gasteiger partial charge on any atom is -0.383 e. The fourth-order valence-electron chi connectivity index (χ4n) is 1.52. The number of ether oxygens (including phenoxy) is 1. The highest BCUT2D eigenvalue weighted by Crippen LogP contribution is 2.19. The van der Waals surface area contributed by atoms with Gasteiger partial charge in [-0.2, -0.15) is 4.68 Å². The van der Waals surface area contributed by atoms with Crippen LogP contribution in [-0.4, -0.2) is 46.4 Å². The molecular weight excluding hydrogens is 314 g/mol. The summed E-state index contributed by atoms with van der Waals surface area (Å²) in [6.45, 7) is 0.900. The number of tetrazole rings is 1. The quantitative estimate of drug-likeness (QED) is 0.822. The normalized spacial score (nSPS) is 10.4. The molecule has 100 valence electrons. The summed E-state index contributed by atoms with van der Waals surface area (Å²) in [4.78, 5) is 12.1. The van der Waals surface area contributed by atoms with E-state index in [1.165, 1.54) is 11.0 Å². The zero-order chi connectivity index (χ0) is 13.7. The summed E-state index contributed by atoms with van der Waals surface area (Å²) in [7, 11) is 1.58. The second kappa shape index (κ2) is 6.39. The van der Waals surface area contributed by atoms with E-state index >= 15 is 0 Å². The fourth-order valence-corrected chi connectivity index (χ4v) is 1.88. The van der Waals surface area contributed by atoms with Crippen molar-refractivity contribution in [1.29, 1.82) is 0 Å². The van der Waals surface area contributed by atoms with E-state index in [1.54, 1.807) is 19.2 Å². The zero-order valence-electron chi connectivity index (χ0n) is 10.2. The zero-order valence-corrected chi connectivity index (χ0v) is 11.8. The number of carbonyl (C=O) groups excluding carboxylic acids is 1. The molecule has 0 aliphatic heterocycles. The topological polar surface area (TPSA) is 81.9 Å². The Morgan fingerprint density at radius 1 is 1.53 bits per heavy atom. The first-order chi connectivity index (χ1) is 9.22. The molecule has 2 rings (SSSR count). The van der Waals surface area contributed by atoms with Crippen molar-refractivity contribution >= 4 is 21.8 Å². The predicted octanol–water partition coefficient (Wildman–Crippen LogP) is 0.801. The Bertz CT molecular complexity index is 558. The van der Waals surface area contributed by atoms with Crippen molar-refractivity contribution in [2.75, 3.05) is 20.3 Å². The van der Waals surface area contributed by atoms with Crippen molar-refractivity contribution in [2.45, 2.75) is 0 Å². The van der Waals surface area contributed by atoms with Crippen molar-refractivity contribution in [3.8, 4) is 5.69 Å². The number of hydrogen-bond donors (Lipinski definition) is 1. The number of carbonyl (C=O) groups is 1. The number of hydrogen-bond acceptors (Lipinski definition) is 5. The lowest BCUT2D eigenvalue weighted by molar-refractivity contribution is 0.0937. The van der Waals surface area contributed by atoms with E-state index in [-0.39, 0.29) is 5.91 Å². The van der Waals surface area contributed by atoms with Gasteiger partial charge in [-0.05, 0) is 28.6 Å². The van der Waals surface area contributed by atoms with E-state index in [4.69, 9.17) is 4.74 Å². The minimum atomic E-state index is -0.205. The minimum absolute atomic E-state index is 0.205. The molecule has 0 saturated carbocycles. The van der Waals surface area contributed by atoms with Crippen LogP contribution in [0.2, 0.25) is 0 Å². The summed E-state index contributed by atoms with van der Waals surface area (Å²) in [6.07, 6.45) is 1.44. The molecule has 0 fully saturated rings. The van der Waals surface area contributed by atoms with Crippen LogP contribution in [0.5, 0.6) is 0 Å². The Kier molecular flexibility index (Phi) is 4.58. The van der Waals surface area contributed by atoms with Crippen molar-refractivity contribution in [3.05, 3.63) is 34.6 Å². The third-order valence-electron chi connectivity index (χ3n) is 2.39. The van der Waals surface area contributed by atoms with Gasteiger partial charge in [0.25, 0.3) is 5.91 Å². The number of nitrogens with zero attached hydrogens (tertiary/aromatic N) is 4. The van der Waals surface area contributed by atoms with Crippen LogP contribution in [0.1, 0.15) is 10.4 Å². The molecule has 0 unspecified atom stereocenters. The lowest BCUT2D eigenvalue weighted by Gasteiger charge is -2.09. The van der Waals surface area contributed by atoms with Gasteiger partial charge in [0.2, 0.25) is 0 Å². The third kappa shape index (κ3) is 3.36. The first-order valence-electron chi connectivity index (χ1n) is 5.52. The number of halogens is 1. The Balaban J connectivity index is 2.27. The summed E-state index contributed by atoms with van der Waals surface area (Å²) in [5.41, 5.74) is 1.10. The SMILES string of the molecule is COCCNC(=O)c1cc(Br)ccc1-n1cnnn1. The Morgan fingerprint density at radius 3 is 3.05 bits per heavy atom. The van der Waals surface area contributed by atoms with Gasteiger partial charge in [-0.3, -0.25) is 4.79 Å². The van der Waals surface area contributed by atoms with Gasteiger partial charge in [0.05, 0.1) is 17.9 Å². The second-order valence-corrected chi connectivity index (χ2v) is 4.58. The largest absolute Gasteiger partial charge is 0.383 e. The summed E-state index contributed by atoms with van der Waals surface area (Å²) in [5, 5.41) is 13.7.